The lowest BCUT2D eigenvalue weighted by Gasteiger charge is -2.11. The molecule has 0 radical (unpaired) electrons. The number of carbonyl (C=O) groups is 2. The van der Waals surface area contributed by atoms with Gasteiger partial charge in [-0.25, -0.2) is 0 Å². The van der Waals surface area contributed by atoms with E-state index in [-0.39, 0.29) is 5.92 Å². The van der Waals surface area contributed by atoms with E-state index in [0.29, 0.717) is 6.42 Å². The van der Waals surface area contributed by atoms with Crippen molar-refractivity contribution in [1.82, 2.24) is 0 Å². The van der Waals surface area contributed by atoms with Crippen LogP contribution in [0.5, 0.6) is 0 Å². The Morgan fingerprint density at radius 1 is 0.500 bits per heavy atom. The highest BCUT2D eigenvalue weighted by molar-refractivity contribution is 5.69. The molecule has 0 rings (SSSR count). The van der Waals surface area contributed by atoms with Crippen LogP contribution in [0.3, 0.4) is 0 Å². The summed E-state index contributed by atoms with van der Waals surface area (Å²) in [5, 5.41) is 17.5. The third kappa shape index (κ3) is 28.9. The van der Waals surface area contributed by atoms with Crippen LogP contribution in [0.25, 0.3) is 0 Å². The van der Waals surface area contributed by atoms with Gasteiger partial charge in [0.05, 0.1) is 5.92 Å². The van der Waals surface area contributed by atoms with E-state index in [2.05, 4.69) is 20.8 Å². The van der Waals surface area contributed by atoms with Gasteiger partial charge in [0.25, 0.3) is 0 Å². The number of carboxylic acids is 2. The van der Waals surface area contributed by atoms with Crippen LogP contribution in [0, 0.1) is 5.92 Å². The second-order valence-corrected chi connectivity index (χ2v) is 9.41. The highest BCUT2D eigenvalue weighted by Crippen LogP contribution is 2.18. The molecule has 0 saturated carbocycles. The molecule has 1 unspecified atom stereocenters. The van der Waals surface area contributed by atoms with Crippen LogP contribution in [0.4, 0.5) is 0 Å². The van der Waals surface area contributed by atoms with Crippen molar-refractivity contribution in [3.05, 3.63) is 0 Å². The van der Waals surface area contributed by atoms with Crippen molar-refractivity contribution in [3.63, 3.8) is 0 Å². The van der Waals surface area contributed by atoms with E-state index < -0.39 is 11.9 Å². The van der Waals surface area contributed by atoms with Crippen molar-refractivity contribution in [2.24, 2.45) is 5.92 Å². The Hall–Kier alpha value is -1.06. The van der Waals surface area contributed by atoms with Gasteiger partial charge in [-0.1, -0.05) is 136 Å². The molecule has 0 amide bonds. The molecule has 0 aliphatic carbocycles. The molecule has 4 nitrogen and oxygen atoms in total. The van der Waals surface area contributed by atoms with E-state index in [1.807, 2.05) is 0 Å². The first-order valence-electron chi connectivity index (χ1n) is 13.9. The Morgan fingerprint density at radius 3 is 1.22 bits per heavy atom. The summed E-state index contributed by atoms with van der Waals surface area (Å²) in [7, 11) is 0. The Labute approximate surface area is 200 Å². The molecule has 0 aromatic rings. The van der Waals surface area contributed by atoms with Crippen LogP contribution in [0.2, 0.25) is 0 Å². The Balaban J connectivity index is 0. The highest BCUT2D eigenvalue weighted by atomic mass is 16.4. The molecule has 4 heteroatoms. The summed E-state index contributed by atoms with van der Waals surface area (Å²) in [4.78, 5) is 21.2. The number of hydrogen-bond acceptors (Lipinski definition) is 2. The summed E-state index contributed by atoms with van der Waals surface area (Å²) < 4.78 is 0. The van der Waals surface area contributed by atoms with Crippen LogP contribution in [0.15, 0.2) is 0 Å². The minimum Gasteiger partial charge on any atom is -0.481 e. The number of carboxylic acid groups (broad SMARTS) is 2. The Morgan fingerprint density at radius 2 is 0.844 bits per heavy atom. The maximum absolute atomic E-state index is 11.0. The third-order valence-corrected chi connectivity index (χ3v) is 6.16. The molecule has 0 aromatic heterocycles. The first kappa shape index (κ1) is 33.1. The van der Waals surface area contributed by atoms with Gasteiger partial charge in [0.15, 0.2) is 0 Å². The molecular formula is C28H56O4. The molecule has 0 heterocycles. The molecule has 0 aliphatic heterocycles. The minimum atomic E-state index is -0.659. The standard InChI is InChI=1S/C16H32O2.C12H24O2/c1-3-5-7-8-9-10-11-12-14-15(16(17)18)13-6-4-2;1-2-3-4-5-6-7-8-9-10-11-12(13)14/h15H,3-14H2,1-2H3,(H,17,18);2-11H2,1H3,(H,13,14). The van der Waals surface area contributed by atoms with E-state index in [9.17, 15) is 9.59 Å². The lowest BCUT2D eigenvalue weighted by Crippen LogP contribution is -2.13. The van der Waals surface area contributed by atoms with Crippen molar-refractivity contribution in [3.8, 4) is 0 Å². The Bertz CT molecular complexity index is 395. The summed E-state index contributed by atoms with van der Waals surface area (Å²) in [5.74, 6) is -1.34. The molecule has 2 N–H and O–H groups in total. The Kier molecular flexibility index (Phi) is 28.9. The van der Waals surface area contributed by atoms with Gasteiger partial charge in [-0.15, -0.1) is 0 Å². The van der Waals surface area contributed by atoms with Crippen LogP contribution in [0.1, 0.15) is 162 Å². The first-order chi connectivity index (χ1) is 15.5. The van der Waals surface area contributed by atoms with E-state index in [1.54, 1.807) is 0 Å². The zero-order chi connectivity index (χ0) is 24.3. The van der Waals surface area contributed by atoms with Gasteiger partial charge >= 0.3 is 11.9 Å². The normalized spacial score (nSPS) is 11.6. The van der Waals surface area contributed by atoms with Crippen LogP contribution >= 0.6 is 0 Å². The van der Waals surface area contributed by atoms with Crippen molar-refractivity contribution in [2.75, 3.05) is 0 Å². The maximum Gasteiger partial charge on any atom is 0.306 e. The van der Waals surface area contributed by atoms with E-state index in [1.165, 1.54) is 89.9 Å². The summed E-state index contributed by atoms with van der Waals surface area (Å²) in [6.45, 7) is 6.59. The fourth-order valence-electron chi connectivity index (χ4n) is 3.95. The van der Waals surface area contributed by atoms with Gasteiger partial charge in [-0.3, -0.25) is 9.59 Å². The van der Waals surface area contributed by atoms with Crippen LogP contribution in [-0.2, 0) is 9.59 Å². The maximum atomic E-state index is 11.0. The fraction of sp³-hybridized carbons (Fsp3) is 0.929. The molecule has 192 valence electrons. The molecule has 0 aliphatic rings. The monoisotopic (exact) mass is 456 g/mol. The lowest BCUT2D eigenvalue weighted by atomic mass is 9.95. The average molecular weight is 457 g/mol. The molecule has 32 heavy (non-hydrogen) atoms. The summed E-state index contributed by atoms with van der Waals surface area (Å²) >= 11 is 0. The largest absolute Gasteiger partial charge is 0.481 e. The molecule has 0 bridgehead atoms. The van der Waals surface area contributed by atoms with Gasteiger partial charge < -0.3 is 10.2 Å². The van der Waals surface area contributed by atoms with Crippen LogP contribution in [-0.4, -0.2) is 22.2 Å². The summed E-state index contributed by atoms with van der Waals surface area (Å²) in [5.41, 5.74) is 0. The van der Waals surface area contributed by atoms with Gasteiger partial charge in [-0.05, 0) is 19.3 Å². The number of aliphatic carboxylic acids is 2. The predicted molar refractivity (Wildman–Crippen MR) is 137 cm³/mol. The summed E-state index contributed by atoms with van der Waals surface area (Å²) in [6.07, 6.45) is 25.7. The predicted octanol–water partition coefficient (Wildman–Crippen LogP) is 9.40. The van der Waals surface area contributed by atoms with Crippen molar-refractivity contribution < 1.29 is 19.8 Å². The third-order valence-electron chi connectivity index (χ3n) is 6.16. The van der Waals surface area contributed by atoms with Crippen LogP contribution < -0.4 is 0 Å². The topological polar surface area (TPSA) is 74.6 Å². The van der Waals surface area contributed by atoms with Gasteiger partial charge in [0.1, 0.15) is 0 Å². The second-order valence-electron chi connectivity index (χ2n) is 9.41. The van der Waals surface area contributed by atoms with E-state index >= 15 is 0 Å². The number of hydrogen-bond donors (Lipinski definition) is 2. The summed E-state index contributed by atoms with van der Waals surface area (Å²) in [6, 6.07) is 0. The average Bonchev–Trinajstić information content (AvgIpc) is 2.76. The van der Waals surface area contributed by atoms with Gasteiger partial charge in [0, 0.05) is 6.42 Å². The quantitative estimate of drug-likeness (QED) is 0.150. The second kappa shape index (κ2) is 28.0. The molecule has 0 fully saturated rings. The zero-order valence-corrected chi connectivity index (χ0v) is 21.8. The van der Waals surface area contributed by atoms with E-state index in [0.717, 1.165) is 44.9 Å². The minimum absolute atomic E-state index is 0.0926. The lowest BCUT2D eigenvalue weighted by molar-refractivity contribution is -0.142. The van der Waals surface area contributed by atoms with Gasteiger partial charge in [-0.2, -0.15) is 0 Å². The number of unbranched alkanes of at least 4 members (excludes halogenated alkanes) is 16. The zero-order valence-electron chi connectivity index (χ0n) is 21.8. The SMILES string of the molecule is CCCCCCCCCCC(CCCC)C(=O)O.CCCCCCCCCCCC(=O)O. The fourth-order valence-corrected chi connectivity index (χ4v) is 3.95. The van der Waals surface area contributed by atoms with Crippen molar-refractivity contribution in [2.45, 2.75) is 162 Å². The smallest absolute Gasteiger partial charge is 0.306 e. The number of rotatable bonds is 23. The van der Waals surface area contributed by atoms with Crippen molar-refractivity contribution >= 4 is 11.9 Å². The highest BCUT2D eigenvalue weighted by Gasteiger charge is 2.15. The molecule has 1 atom stereocenters. The van der Waals surface area contributed by atoms with Crippen molar-refractivity contribution in [1.29, 1.82) is 0 Å². The molecule has 0 aromatic carbocycles. The van der Waals surface area contributed by atoms with E-state index in [4.69, 9.17) is 10.2 Å². The van der Waals surface area contributed by atoms with Gasteiger partial charge in [0.2, 0.25) is 0 Å². The molecule has 0 saturated heterocycles. The molecular weight excluding hydrogens is 400 g/mol. The molecule has 0 spiro atoms. The first-order valence-corrected chi connectivity index (χ1v) is 13.9.